The molecule has 8 nitrogen and oxygen atoms in total. The fourth-order valence-electron chi connectivity index (χ4n) is 2.93. The fraction of sp³-hybridized carbons (Fsp3) is 0.0500. The lowest BCUT2D eigenvalue weighted by Gasteiger charge is -2.12. The Labute approximate surface area is 160 Å². The van der Waals surface area contributed by atoms with E-state index in [1.807, 2.05) is 55.5 Å². The number of hydrogen-bond acceptors (Lipinski definition) is 7. The standard InChI is InChI=1S/C20H16N6O2/c1-13-6-5-11-21-18(13)25-20-17(26(27)28)19(22-12-23-20)24-16-10-4-8-14-7-2-3-9-15(14)16/h2-12H,1H3,(H2,21,22,23,24,25). The Morgan fingerprint density at radius 3 is 2.39 bits per heavy atom. The second-order valence-electron chi connectivity index (χ2n) is 6.12. The van der Waals surface area contributed by atoms with Crippen LogP contribution in [-0.2, 0) is 0 Å². The third kappa shape index (κ3) is 3.30. The quantitative estimate of drug-likeness (QED) is 0.385. The lowest BCUT2D eigenvalue weighted by Crippen LogP contribution is -2.06. The van der Waals surface area contributed by atoms with Crippen molar-refractivity contribution in [2.24, 2.45) is 0 Å². The number of benzene rings is 2. The van der Waals surface area contributed by atoms with Crippen molar-refractivity contribution in [3.63, 3.8) is 0 Å². The van der Waals surface area contributed by atoms with Crippen LogP contribution < -0.4 is 10.6 Å². The maximum Gasteiger partial charge on any atom is 0.353 e. The molecule has 2 aromatic heterocycles. The van der Waals surface area contributed by atoms with Crippen molar-refractivity contribution in [1.82, 2.24) is 15.0 Å². The number of hydrogen-bond donors (Lipinski definition) is 2. The number of anilines is 4. The number of aryl methyl sites for hydroxylation is 1. The molecular formula is C20H16N6O2. The van der Waals surface area contributed by atoms with Crippen LogP contribution in [0.2, 0.25) is 0 Å². The van der Waals surface area contributed by atoms with Crippen LogP contribution in [0.15, 0.2) is 67.1 Å². The van der Waals surface area contributed by atoms with E-state index in [0.717, 1.165) is 22.0 Å². The smallest absolute Gasteiger partial charge is 0.334 e. The van der Waals surface area contributed by atoms with Gasteiger partial charge in [0.25, 0.3) is 0 Å². The molecule has 8 heteroatoms. The van der Waals surface area contributed by atoms with Gasteiger partial charge in [-0.1, -0.05) is 42.5 Å². The zero-order chi connectivity index (χ0) is 19.5. The van der Waals surface area contributed by atoms with Gasteiger partial charge in [-0.2, -0.15) is 0 Å². The highest BCUT2D eigenvalue weighted by molar-refractivity contribution is 5.96. The first-order chi connectivity index (χ1) is 13.6. The molecule has 4 rings (SSSR count). The van der Waals surface area contributed by atoms with E-state index in [1.165, 1.54) is 6.33 Å². The van der Waals surface area contributed by atoms with Gasteiger partial charge in [0.2, 0.25) is 11.6 Å². The fourth-order valence-corrected chi connectivity index (χ4v) is 2.93. The third-order valence-corrected chi connectivity index (χ3v) is 4.29. The molecule has 0 fully saturated rings. The lowest BCUT2D eigenvalue weighted by molar-refractivity contribution is -0.383. The number of rotatable bonds is 5. The molecule has 0 unspecified atom stereocenters. The molecule has 4 aromatic rings. The zero-order valence-electron chi connectivity index (χ0n) is 15.0. The van der Waals surface area contributed by atoms with Gasteiger partial charge in [-0.3, -0.25) is 10.1 Å². The Bertz CT molecular complexity index is 1170. The van der Waals surface area contributed by atoms with Gasteiger partial charge in [-0.05, 0) is 30.0 Å². The summed E-state index contributed by atoms with van der Waals surface area (Å²) in [6, 6.07) is 17.1. The average Bonchev–Trinajstić information content (AvgIpc) is 2.70. The van der Waals surface area contributed by atoms with Crippen molar-refractivity contribution in [2.45, 2.75) is 6.92 Å². The van der Waals surface area contributed by atoms with E-state index in [9.17, 15) is 10.1 Å². The van der Waals surface area contributed by atoms with E-state index >= 15 is 0 Å². The molecule has 0 saturated carbocycles. The molecule has 2 heterocycles. The Kier molecular flexibility index (Phi) is 4.51. The minimum Gasteiger partial charge on any atom is -0.334 e. The van der Waals surface area contributed by atoms with Gasteiger partial charge >= 0.3 is 5.69 Å². The molecule has 0 radical (unpaired) electrons. The predicted molar refractivity (Wildman–Crippen MR) is 108 cm³/mol. The number of nitro groups is 1. The number of pyridine rings is 1. The van der Waals surface area contributed by atoms with Crippen molar-refractivity contribution >= 4 is 39.6 Å². The highest BCUT2D eigenvalue weighted by Crippen LogP contribution is 2.34. The molecule has 2 N–H and O–H groups in total. The van der Waals surface area contributed by atoms with E-state index in [1.54, 1.807) is 12.3 Å². The second kappa shape index (κ2) is 7.28. The van der Waals surface area contributed by atoms with Crippen LogP contribution in [0.25, 0.3) is 10.8 Å². The zero-order valence-corrected chi connectivity index (χ0v) is 15.0. The van der Waals surface area contributed by atoms with Crippen LogP contribution >= 0.6 is 0 Å². The highest BCUT2D eigenvalue weighted by atomic mass is 16.6. The summed E-state index contributed by atoms with van der Waals surface area (Å²) < 4.78 is 0. The number of nitrogens with zero attached hydrogens (tertiary/aromatic N) is 4. The van der Waals surface area contributed by atoms with Gasteiger partial charge in [-0.25, -0.2) is 15.0 Å². The Morgan fingerprint density at radius 1 is 0.857 bits per heavy atom. The first-order valence-electron chi connectivity index (χ1n) is 8.56. The van der Waals surface area contributed by atoms with Gasteiger partial charge in [0.15, 0.2) is 0 Å². The molecule has 0 amide bonds. The van der Waals surface area contributed by atoms with Gasteiger partial charge in [0.05, 0.1) is 4.92 Å². The van der Waals surface area contributed by atoms with E-state index < -0.39 is 4.92 Å². The molecule has 0 aliphatic rings. The van der Waals surface area contributed by atoms with Crippen molar-refractivity contribution in [3.05, 3.63) is 82.8 Å². The molecule has 0 aliphatic carbocycles. The summed E-state index contributed by atoms with van der Waals surface area (Å²) >= 11 is 0. The van der Waals surface area contributed by atoms with Crippen LogP contribution in [-0.4, -0.2) is 19.9 Å². The third-order valence-electron chi connectivity index (χ3n) is 4.29. The number of nitrogens with one attached hydrogen (secondary N) is 2. The average molecular weight is 372 g/mol. The summed E-state index contributed by atoms with van der Waals surface area (Å²) in [6.45, 7) is 1.86. The summed E-state index contributed by atoms with van der Waals surface area (Å²) in [4.78, 5) is 23.7. The minimum absolute atomic E-state index is 0.0736. The minimum atomic E-state index is -0.506. The SMILES string of the molecule is Cc1cccnc1Nc1ncnc(Nc2cccc3ccccc23)c1[N+](=O)[O-]. The molecule has 0 bridgehead atoms. The van der Waals surface area contributed by atoms with Gasteiger partial charge in [0, 0.05) is 17.3 Å². The number of fused-ring (bicyclic) bond motifs is 1. The molecule has 2 aromatic carbocycles. The molecule has 28 heavy (non-hydrogen) atoms. The summed E-state index contributed by atoms with van der Waals surface area (Å²) in [6.07, 6.45) is 2.89. The van der Waals surface area contributed by atoms with Crippen LogP contribution in [0.4, 0.5) is 28.8 Å². The van der Waals surface area contributed by atoms with Crippen molar-refractivity contribution < 1.29 is 4.92 Å². The number of aromatic nitrogens is 3. The van der Waals surface area contributed by atoms with Crippen LogP contribution in [0, 0.1) is 17.0 Å². The Balaban J connectivity index is 1.77. The predicted octanol–water partition coefficient (Wildman–Crippen LogP) is 4.73. The van der Waals surface area contributed by atoms with Gasteiger partial charge in [-0.15, -0.1) is 0 Å². The van der Waals surface area contributed by atoms with Crippen LogP contribution in [0.3, 0.4) is 0 Å². The van der Waals surface area contributed by atoms with Crippen LogP contribution in [0.1, 0.15) is 5.56 Å². The normalized spacial score (nSPS) is 10.6. The van der Waals surface area contributed by atoms with Gasteiger partial charge in [0.1, 0.15) is 12.1 Å². The second-order valence-corrected chi connectivity index (χ2v) is 6.12. The summed E-state index contributed by atoms with van der Waals surface area (Å²) in [7, 11) is 0. The molecule has 0 aliphatic heterocycles. The van der Waals surface area contributed by atoms with Gasteiger partial charge < -0.3 is 10.6 Å². The molecule has 0 spiro atoms. The summed E-state index contributed by atoms with van der Waals surface area (Å²) in [5.41, 5.74) is 1.32. The Morgan fingerprint density at radius 2 is 1.61 bits per heavy atom. The Hall–Kier alpha value is -4.07. The molecular weight excluding hydrogens is 356 g/mol. The van der Waals surface area contributed by atoms with E-state index in [0.29, 0.717) is 5.82 Å². The summed E-state index contributed by atoms with van der Waals surface area (Å²) in [5.74, 6) is 0.678. The van der Waals surface area contributed by atoms with Crippen molar-refractivity contribution in [3.8, 4) is 0 Å². The molecule has 0 atom stereocenters. The van der Waals surface area contributed by atoms with E-state index in [-0.39, 0.29) is 17.3 Å². The van der Waals surface area contributed by atoms with E-state index in [4.69, 9.17) is 0 Å². The van der Waals surface area contributed by atoms with Crippen molar-refractivity contribution in [1.29, 1.82) is 0 Å². The highest BCUT2D eigenvalue weighted by Gasteiger charge is 2.24. The van der Waals surface area contributed by atoms with E-state index in [2.05, 4.69) is 25.6 Å². The summed E-state index contributed by atoms with van der Waals surface area (Å²) in [5, 5.41) is 19.8. The molecule has 138 valence electrons. The monoisotopic (exact) mass is 372 g/mol. The lowest BCUT2D eigenvalue weighted by atomic mass is 10.1. The topological polar surface area (TPSA) is 106 Å². The first-order valence-corrected chi connectivity index (χ1v) is 8.56. The van der Waals surface area contributed by atoms with Crippen LogP contribution in [0.5, 0.6) is 0 Å². The maximum atomic E-state index is 11.8. The first kappa shape index (κ1) is 17.3. The molecule has 0 saturated heterocycles. The maximum absolute atomic E-state index is 11.8. The van der Waals surface area contributed by atoms with Crippen molar-refractivity contribution in [2.75, 3.05) is 10.6 Å². The largest absolute Gasteiger partial charge is 0.353 e.